The van der Waals surface area contributed by atoms with Gasteiger partial charge in [0, 0.05) is 44.4 Å². The molecule has 3 rings (SSSR count). The topological polar surface area (TPSA) is 63.2 Å². The molecule has 1 N–H and O–H groups in total. The fraction of sp³-hybridized carbons (Fsp3) is 0.471. The molecule has 0 aromatic carbocycles. The van der Waals surface area contributed by atoms with Gasteiger partial charge in [-0.1, -0.05) is 13.0 Å². The van der Waals surface area contributed by atoms with Crippen molar-refractivity contribution < 1.29 is 4.74 Å². The van der Waals surface area contributed by atoms with E-state index < -0.39 is 0 Å². The number of rotatable bonds is 6. The van der Waals surface area contributed by atoms with Gasteiger partial charge in [-0.2, -0.15) is 0 Å². The van der Waals surface area contributed by atoms with Crippen molar-refractivity contribution in [3.63, 3.8) is 0 Å². The number of nitrogens with zero attached hydrogens (tertiary/aromatic N) is 4. The van der Waals surface area contributed by atoms with Gasteiger partial charge in [0.25, 0.3) is 0 Å². The number of pyridine rings is 1. The standard InChI is InChI=1S/C17H23N5O/c1-2-14-10-19-17(20-11-14)21-13-16(15-4-3-5-18-12-15)22-6-8-23-9-7-22/h3-5,10-12,16H,2,6-9,13H2,1H3,(H,19,20,21)/t16-/m0/s1. The van der Waals surface area contributed by atoms with Crippen LogP contribution in [0.3, 0.4) is 0 Å². The first kappa shape index (κ1) is 15.8. The number of hydrogen-bond acceptors (Lipinski definition) is 6. The van der Waals surface area contributed by atoms with Crippen LogP contribution in [0.1, 0.15) is 24.1 Å². The van der Waals surface area contributed by atoms with Gasteiger partial charge in [0.1, 0.15) is 0 Å². The van der Waals surface area contributed by atoms with E-state index in [1.54, 1.807) is 6.20 Å². The summed E-state index contributed by atoms with van der Waals surface area (Å²) in [7, 11) is 0. The molecule has 2 aromatic rings. The van der Waals surface area contributed by atoms with Crippen molar-refractivity contribution in [3.05, 3.63) is 48.0 Å². The zero-order valence-corrected chi connectivity index (χ0v) is 13.5. The highest BCUT2D eigenvalue weighted by Crippen LogP contribution is 2.21. The number of nitrogens with one attached hydrogen (secondary N) is 1. The summed E-state index contributed by atoms with van der Waals surface area (Å²) in [6, 6.07) is 4.34. The number of aryl methyl sites for hydroxylation is 1. The van der Waals surface area contributed by atoms with E-state index in [9.17, 15) is 0 Å². The van der Waals surface area contributed by atoms with Crippen LogP contribution in [0.15, 0.2) is 36.9 Å². The van der Waals surface area contributed by atoms with Crippen molar-refractivity contribution >= 4 is 5.95 Å². The zero-order valence-electron chi connectivity index (χ0n) is 13.5. The van der Waals surface area contributed by atoms with Gasteiger partial charge in [-0.25, -0.2) is 9.97 Å². The fourth-order valence-electron chi connectivity index (χ4n) is 2.74. The predicted octanol–water partition coefficient (Wildman–Crippen LogP) is 1.92. The van der Waals surface area contributed by atoms with Crippen LogP contribution in [-0.2, 0) is 11.2 Å². The van der Waals surface area contributed by atoms with E-state index >= 15 is 0 Å². The van der Waals surface area contributed by atoms with Crippen LogP contribution in [0.25, 0.3) is 0 Å². The maximum atomic E-state index is 5.47. The largest absolute Gasteiger partial charge is 0.379 e. The molecule has 0 unspecified atom stereocenters. The van der Waals surface area contributed by atoms with Gasteiger partial charge in [0.2, 0.25) is 5.95 Å². The Morgan fingerprint density at radius 1 is 1.22 bits per heavy atom. The summed E-state index contributed by atoms with van der Waals surface area (Å²) < 4.78 is 5.47. The molecule has 1 aliphatic heterocycles. The Labute approximate surface area is 136 Å². The number of ether oxygens (including phenoxy) is 1. The van der Waals surface area contributed by atoms with Gasteiger partial charge < -0.3 is 10.1 Å². The minimum absolute atomic E-state index is 0.238. The molecule has 0 radical (unpaired) electrons. The van der Waals surface area contributed by atoms with E-state index in [-0.39, 0.29) is 6.04 Å². The number of hydrogen-bond donors (Lipinski definition) is 1. The van der Waals surface area contributed by atoms with E-state index in [2.05, 4.69) is 38.2 Å². The van der Waals surface area contributed by atoms with Gasteiger partial charge in [-0.05, 0) is 23.6 Å². The fourth-order valence-corrected chi connectivity index (χ4v) is 2.74. The van der Waals surface area contributed by atoms with Gasteiger partial charge >= 0.3 is 0 Å². The molecule has 0 saturated carbocycles. The summed E-state index contributed by atoms with van der Waals surface area (Å²) in [6.45, 7) is 6.25. The second-order valence-electron chi connectivity index (χ2n) is 5.60. The van der Waals surface area contributed by atoms with E-state index in [0.29, 0.717) is 5.95 Å². The Bertz CT molecular complexity index is 584. The lowest BCUT2D eigenvalue weighted by molar-refractivity contribution is 0.0186. The second kappa shape index (κ2) is 7.99. The van der Waals surface area contributed by atoms with Crippen LogP contribution in [0.4, 0.5) is 5.95 Å². The number of morpholine rings is 1. The Balaban J connectivity index is 1.70. The molecule has 1 fully saturated rings. The molecule has 6 heteroatoms. The van der Waals surface area contributed by atoms with E-state index in [1.165, 1.54) is 5.56 Å². The molecule has 1 atom stereocenters. The summed E-state index contributed by atoms with van der Waals surface area (Å²) >= 11 is 0. The highest BCUT2D eigenvalue weighted by atomic mass is 16.5. The first-order valence-corrected chi connectivity index (χ1v) is 8.13. The molecule has 1 aliphatic rings. The Morgan fingerprint density at radius 3 is 2.65 bits per heavy atom. The molecule has 0 aliphatic carbocycles. The molecule has 3 heterocycles. The molecule has 6 nitrogen and oxygen atoms in total. The third-order valence-corrected chi connectivity index (χ3v) is 4.12. The minimum Gasteiger partial charge on any atom is -0.379 e. The monoisotopic (exact) mass is 313 g/mol. The predicted molar refractivity (Wildman–Crippen MR) is 89.3 cm³/mol. The number of aromatic nitrogens is 3. The van der Waals surface area contributed by atoms with Crippen molar-refractivity contribution in [2.24, 2.45) is 0 Å². The first-order valence-electron chi connectivity index (χ1n) is 8.13. The number of anilines is 1. The second-order valence-corrected chi connectivity index (χ2v) is 5.60. The van der Waals surface area contributed by atoms with E-state index in [1.807, 2.05) is 24.7 Å². The van der Waals surface area contributed by atoms with Crippen LogP contribution in [0.2, 0.25) is 0 Å². The lowest BCUT2D eigenvalue weighted by Gasteiger charge is -2.34. The molecule has 122 valence electrons. The van der Waals surface area contributed by atoms with Gasteiger partial charge in [0.15, 0.2) is 0 Å². The lowest BCUT2D eigenvalue weighted by atomic mass is 10.1. The van der Waals surface area contributed by atoms with Gasteiger partial charge in [-0.3, -0.25) is 9.88 Å². The van der Waals surface area contributed by atoms with Crippen LogP contribution in [-0.4, -0.2) is 52.7 Å². The van der Waals surface area contributed by atoms with Crippen molar-refractivity contribution in [1.29, 1.82) is 0 Å². The molecular formula is C17H23N5O. The molecule has 1 saturated heterocycles. The summed E-state index contributed by atoms with van der Waals surface area (Å²) in [4.78, 5) is 15.4. The molecule has 0 bridgehead atoms. The lowest BCUT2D eigenvalue weighted by Crippen LogP contribution is -2.41. The first-order chi connectivity index (χ1) is 11.4. The van der Waals surface area contributed by atoms with Crippen molar-refractivity contribution in [3.8, 4) is 0 Å². The highest BCUT2D eigenvalue weighted by molar-refractivity contribution is 5.27. The van der Waals surface area contributed by atoms with E-state index in [0.717, 1.165) is 44.8 Å². The van der Waals surface area contributed by atoms with Crippen LogP contribution in [0, 0.1) is 0 Å². The van der Waals surface area contributed by atoms with Crippen LogP contribution in [0.5, 0.6) is 0 Å². The summed E-state index contributed by atoms with van der Waals surface area (Å²) in [6.07, 6.45) is 8.45. The maximum Gasteiger partial charge on any atom is 0.222 e. The average molecular weight is 313 g/mol. The summed E-state index contributed by atoms with van der Waals surface area (Å²) in [5.74, 6) is 0.671. The van der Waals surface area contributed by atoms with Crippen molar-refractivity contribution in [2.45, 2.75) is 19.4 Å². The van der Waals surface area contributed by atoms with Crippen molar-refractivity contribution in [1.82, 2.24) is 19.9 Å². The van der Waals surface area contributed by atoms with Crippen LogP contribution < -0.4 is 5.32 Å². The third-order valence-electron chi connectivity index (χ3n) is 4.12. The Kier molecular flexibility index (Phi) is 5.50. The highest BCUT2D eigenvalue weighted by Gasteiger charge is 2.22. The molecule has 2 aromatic heterocycles. The smallest absolute Gasteiger partial charge is 0.222 e. The van der Waals surface area contributed by atoms with Gasteiger partial charge in [-0.15, -0.1) is 0 Å². The van der Waals surface area contributed by atoms with Gasteiger partial charge in [0.05, 0.1) is 19.3 Å². The SMILES string of the molecule is CCc1cnc(NC[C@@H](c2cccnc2)N2CCOCC2)nc1. The normalized spacial score (nSPS) is 16.9. The van der Waals surface area contributed by atoms with Crippen LogP contribution >= 0.6 is 0 Å². The summed E-state index contributed by atoms with van der Waals surface area (Å²) in [5, 5.41) is 3.36. The average Bonchev–Trinajstić information content (AvgIpc) is 2.64. The van der Waals surface area contributed by atoms with Crippen molar-refractivity contribution in [2.75, 3.05) is 38.2 Å². The molecule has 0 amide bonds. The molecule has 23 heavy (non-hydrogen) atoms. The molecule has 0 spiro atoms. The summed E-state index contributed by atoms with van der Waals surface area (Å²) in [5.41, 5.74) is 2.35. The third kappa shape index (κ3) is 4.24. The minimum atomic E-state index is 0.238. The Hall–Kier alpha value is -2.05. The zero-order chi connectivity index (χ0) is 15.9. The van der Waals surface area contributed by atoms with E-state index in [4.69, 9.17) is 4.74 Å². The Morgan fingerprint density at radius 2 is 2.00 bits per heavy atom. The maximum absolute atomic E-state index is 5.47. The molecular weight excluding hydrogens is 290 g/mol. The quantitative estimate of drug-likeness (QED) is 0.879.